The Kier molecular flexibility index (Phi) is 3.31. The summed E-state index contributed by atoms with van der Waals surface area (Å²) < 4.78 is 10.7. The van der Waals surface area contributed by atoms with E-state index in [1.54, 1.807) is 42.5 Å². The summed E-state index contributed by atoms with van der Waals surface area (Å²) in [4.78, 5) is 22.9. The van der Waals surface area contributed by atoms with Gasteiger partial charge in [0.15, 0.2) is 6.23 Å². The van der Waals surface area contributed by atoms with Crippen molar-refractivity contribution in [3.8, 4) is 11.5 Å². The SMILES string of the molecule is CC(=O)Oc1ccc([C@@H]2NC(=O)c3ccccc3O2)cc1. The molecule has 0 bridgehead atoms. The van der Waals surface area contributed by atoms with Gasteiger partial charge in [-0.15, -0.1) is 0 Å². The van der Waals surface area contributed by atoms with Crippen molar-refractivity contribution in [3.63, 3.8) is 0 Å². The van der Waals surface area contributed by atoms with Gasteiger partial charge in [0.2, 0.25) is 0 Å². The fourth-order valence-electron chi connectivity index (χ4n) is 2.14. The Balaban J connectivity index is 1.82. The highest BCUT2D eigenvalue weighted by atomic mass is 16.5. The molecule has 2 aromatic rings. The molecular formula is C16H13NO4. The minimum Gasteiger partial charge on any atom is -0.466 e. The Bertz CT molecular complexity index is 694. The van der Waals surface area contributed by atoms with Gasteiger partial charge in [-0.25, -0.2) is 0 Å². The average Bonchev–Trinajstić information content (AvgIpc) is 2.47. The maximum Gasteiger partial charge on any atom is 0.308 e. The number of hydrogen-bond acceptors (Lipinski definition) is 4. The summed E-state index contributed by atoms with van der Waals surface area (Å²) in [6.07, 6.45) is -0.557. The predicted octanol–water partition coefficient (Wildman–Crippen LogP) is 2.43. The van der Waals surface area contributed by atoms with Crippen LogP contribution in [0.2, 0.25) is 0 Å². The lowest BCUT2D eigenvalue weighted by Crippen LogP contribution is -2.36. The van der Waals surface area contributed by atoms with E-state index in [-0.39, 0.29) is 11.9 Å². The molecule has 1 N–H and O–H groups in total. The van der Waals surface area contributed by atoms with Crippen molar-refractivity contribution >= 4 is 11.9 Å². The van der Waals surface area contributed by atoms with Crippen LogP contribution in [-0.4, -0.2) is 11.9 Å². The molecule has 0 saturated carbocycles. The van der Waals surface area contributed by atoms with Gasteiger partial charge in [-0.05, 0) is 36.4 Å². The van der Waals surface area contributed by atoms with Crippen LogP contribution in [0.1, 0.15) is 29.1 Å². The summed E-state index contributed by atoms with van der Waals surface area (Å²) in [6.45, 7) is 1.34. The molecule has 1 amide bonds. The zero-order chi connectivity index (χ0) is 14.8. The average molecular weight is 283 g/mol. The maximum absolute atomic E-state index is 12.0. The van der Waals surface area contributed by atoms with Crippen molar-refractivity contribution in [2.45, 2.75) is 13.2 Å². The van der Waals surface area contributed by atoms with Crippen molar-refractivity contribution in [2.24, 2.45) is 0 Å². The fourth-order valence-corrected chi connectivity index (χ4v) is 2.14. The molecule has 1 atom stereocenters. The van der Waals surface area contributed by atoms with Gasteiger partial charge in [-0.3, -0.25) is 9.59 Å². The predicted molar refractivity (Wildman–Crippen MR) is 75.0 cm³/mol. The van der Waals surface area contributed by atoms with Crippen LogP contribution in [0.5, 0.6) is 11.5 Å². The molecule has 0 fully saturated rings. The molecule has 1 aliphatic heterocycles. The van der Waals surface area contributed by atoms with E-state index in [1.807, 2.05) is 6.07 Å². The van der Waals surface area contributed by atoms with Crippen molar-refractivity contribution in [2.75, 3.05) is 0 Å². The number of nitrogens with one attached hydrogen (secondary N) is 1. The molecule has 0 spiro atoms. The van der Waals surface area contributed by atoms with Crippen molar-refractivity contribution < 1.29 is 19.1 Å². The lowest BCUT2D eigenvalue weighted by Gasteiger charge is -2.26. The minimum atomic E-state index is -0.557. The van der Waals surface area contributed by atoms with Gasteiger partial charge in [0.1, 0.15) is 11.5 Å². The molecule has 1 aliphatic rings. The van der Waals surface area contributed by atoms with Crippen LogP contribution in [-0.2, 0) is 4.79 Å². The van der Waals surface area contributed by atoms with Gasteiger partial charge in [0.25, 0.3) is 5.91 Å². The van der Waals surface area contributed by atoms with E-state index in [4.69, 9.17) is 9.47 Å². The van der Waals surface area contributed by atoms with E-state index in [1.165, 1.54) is 6.92 Å². The first kappa shape index (κ1) is 13.2. The van der Waals surface area contributed by atoms with E-state index >= 15 is 0 Å². The summed E-state index contributed by atoms with van der Waals surface area (Å²) in [5.74, 6) is 0.453. The molecule has 2 aromatic carbocycles. The standard InChI is InChI=1S/C16H13NO4/c1-10(18)20-12-8-6-11(7-9-12)16-17-15(19)13-4-2-3-5-14(13)21-16/h2-9,16H,1H3,(H,17,19)/t16-/m1/s1. The van der Waals surface area contributed by atoms with E-state index in [9.17, 15) is 9.59 Å². The van der Waals surface area contributed by atoms with Gasteiger partial charge in [0.05, 0.1) is 5.56 Å². The first-order valence-corrected chi connectivity index (χ1v) is 6.48. The Morgan fingerprint density at radius 1 is 1.14 bits per heavy atom. The van der Waals surface area contributed by atoms with Gasteiger partial charge in [-0.2, -0.15) is 0 Å². The third-order valence-electron chi connectivity index (χ3n) is 3.08. The smallest absolute Gasteiger partial charge is 0.308 e. The third kappa shape index (κ3) is 2.72. The Labute approximate surface area is 121 Å². The minimum absolute atomic E-state index is 0.175. The van der Waals surface area contributed by atoms with Crippen LogP contribution >= 0.6 is 0 Å². The zero-order valence-electron chi connectivity index (χ0n) is 11.3. The Morgan fingerprint density at radius 3 is 2.57 bits per heavy atom. The Hall–Kier alpha value is -2.82. The summed E-state index contributed by atoms with van der Waals surface area (Å²) in [5.41, 5.74) is 1.29. The van der Waals surface area contributed by atoms with Gasteiger partial charge >= 0.3 is 5.97 Å². The number of ether oxygens (including phenoxy) is 2. The topological polar surface area (TPSA) is 64.6 Å². The molecule has 21 heavy (non-hydrogen) atoms. The van der Waals surface area contributed by atoms with Gasteiger partial charge in [-0.1, -0.05) is 12.1 Å². The molecule has 5 heteroatoms. The molecule has 0 aliphatic carbocycles. The molecule has 1 heterocycles. The molecule has 0 radical (unpaired) electrons. The summed E-state index contributed by atoms with van der Waals surface area (Å²) in [5, 5.41) is 2.78. The number of benzene rings is 2. The molecular weight excluding hydrogens is 270 g/mol. The van der Waals surface area contributed by atoms with Crippen LogP contribution in [0.25, 0.3) is 0 Å². The van der Waals surface area contributed by atoms with E-state index in [0.29, 0.717) is 17.1 Å². The van der Waals surface area contributed by atoms with Crippen LogP contribution in [0.4, 0.5) is 0 Å². The quantitative estimate of drug-likeness (QED) is 0.679. The van der Waals surface area contributed by atoms with Crippen LogP contribution < -0.4 is 14.8 Å². The number of carbonyl (C=O) groups is 2. The van der Waals surface area contributed by atoms with Crippen LogP contribution in [0.3, 0.4) is 0 Å². The number of carbonyl (C=O) groups excluding carboxylic acids is 2. The van der Waals surface area contributed by atoms with Gasteiger partial charge in [0, 0.05) is 12.5 Å². The molecule has 3 rings (SSSR count). The highest BCUT2D eigenvalue weighted by molar-refractivity contribution is 5.97. The number of amides is 1. The van der Waals surface area contributed by atoms with Crippen molar-refractivity contribution in [1.29, 1.82) is 0 Å². The molecule has 0 aromatic heterocycles. The second-order valence-corrected chi connectivity index (χ2v) is 4.63. The first-order chi connectivity index (χ1) is 10.1. The first-order valence-electron chi connectivity index (χ1n) is 6.48. The molecule has 5 nitrogen and oxygen atoms in total. The maximum atomic E-state index is 12.0. The molecule has 0 unspecified atom stereocenters. The number of hydrogen-bond donors (Lipinski definition) is 1. The highest BCUT2D eigenvalue weighted by Crippen LogP contribution is 2.29. The summed E-state index contributed by atoms with van der Waals surface area (Å²) >= 11 is 0. The largest absolute Gasteiger partial charge is 0.466 e. The third-order valence-corrected chi connectivity index (χ3v) is 3.08. The van der Waals surface area contributed by atoms with Crippen LogP contribution in [0.15, 0.2) is 48.5 Å². The second kappa shape index (κ2) is 5.28. The zero-order valence-corrected chi connectivity index (χ0v) is 11.3. The monoisotopic (exact) mass is 283 g/mol. The fraction of sp³-hybridized carbons (Fsp3) is 0.125. The summed E-state index contributed by atoms with van der Waals surface area (Å²) in [7, 11) is 0. The Morgan fingerprint density at radius 2 is 1.86 bits per heavy atom. The highest BCUT2D eigenvalue weighted by Gasteiger charge is 2.26. The summed E-state index contributed by atoms with van der Waals surface area (Å²) in [6, 6.07) is 13.9. The molecule has 0 saturated heterocycles. The second-order valence-electron chi connectivity index (χ2n) is 4.63. The van der Waals surface area contributed by atoms with Crippen molar-refractivity contribution in [1.82, 2.24) is 5.32 Å². The van der Waals surface area contributed by atoms with Gasteiger partial charge < -0.3 is 14.8 Å². The number of rotatable bonds is 2. The number of fused-ring (bicyclic) bond motifs is 1. The van der Waals surface area contributed by atoms with E-state index < -0.39 is 6.23 Å². The normalized spacial score (nSPS) is 16.4. The van der Waals surface area contributed by atoms with Crippen molar-refractivity contribution in [3.05, 3.63) is 59.7 Å². The van der Waals surface area contributed by atoms with E-state index in [2.05, 4.69) is 5.32 Å². The number of para-hydroxylation sites is 1. The lowest BCUT2D eigenvalue weighted by molar-refractivity contribution is -0.131. The number of esters is 1. The lowest BCUT2D eigenvalue weighted by atomic mass is 10.1. The van der Waals surface area contributed by atoms with Crippen LogP contribution in [0, 0.1) is 0 Å². The van der Waals surface area contributed by atoms with E-state index in [0.717, 1.165) is 5.56 Å². The molecule has 106 valence electrons.